The molecule has 0 spiro atoms. The van der Waals surface area contributed by atoms with Gasteiger partial charge in [-0.25, -0.2) is 4.98 Å². The van der Waals surface area contributed by atoms with Crippen LogP contribution in [0.15, 0.2) is 16.8 Å². The first kappa shape index (κ1) is 14.8. The van der Waals surface area contributed by atoms with E-state index in [0.717, 1.165) is 19.4 Å². The second-order valence-corrected chi connectivity index (χ2v) is 5.55. The molecule has 22 heavy (non-hydrogen) atoms. The second kappa shape index (κ2) is 5.92. The first-order valence-corrected chi connectivity index (χ1v) is 7.52. The van der Waals surface area contributed by atoms with Crippen LogP contribution in [-0.4, -0.2) is 27.6 Å². The highest BCUT2D eigenvalue weighted by atomic mass is 35.5. The number of pyridine rings is 1. The van der Waals surface area contributed by atoms with E-state index in [1.54, 1.807) is 0 Å². The van der Waals surface area contributed by atoms with Crippen molar-refractivity contribution in [1.29, 1.82) is 0 Å². The van der Waals surface area contributed by atoms with Gasteiger partial charge in [0.1, 0.15) is 5.82 Å². The smallest absolute Gasteiger partial charge is 0.250 e. The fourth-order valence-electron chi connectivity index (χ4n) is 2.61. The van der Waals surface area contributed by atoms with Gasteiger partial charge in [-0.05, 0) is 18.9 Å². The summed E-state index contributed by atoms with van der Waals surface area (Å²) in [6.07, 6.45) is 4.02. The third-order valence-corrected chi connectivity index (χ3v) is 3.99. The number of hydrogen-bond donors (Lipinski definition) is 1. The number of nitrogens with two attached hydrogens (primary N) is 1. The summed E-state index contributed by atoms with van der Waals surface area (Å²) in [7, 11) is 0. The summed E-state index contributed by atoms with van der Waals surface area (Å²) < 4.78 is 5.19. The van der Waals surface area contributed by atoms with E-state index in [1.807, 2.05) is 11.8 Å². The minimum Gasteiger partial charge on any atom is -0.366 e. The molecule has 116 valence electrons. The molecule has 0 unspecified atom stereocenters. The van der Waals surface area contributed by atoms with Gasteiger partial charge in [-0.3, -0.25) is 4.79 Å². The summed E-state index contributed by atoms with van der Waals surface area (Å²) in [6, 6.07) is 1.52. The van der Waals surface area contributed by atoms with Gasteiger partial charge in [0.15, 0.2) is 5.82 Å². The van der Waals surface area contributed by atoms with Crippen molar-refractivity contribution in [2.75, 3.05) is 11.4 Å². The molecule has 2 aromatic heterocycles. The van der Waals surface area contributed by atoms with Crippen LogP contribution < -0.4 is 10.6 Å². The Balaban J connectivity index is 1.91. The SMILES string of the molecule is CCc1nc([C@H]2CCCN2c2ncc(C(N)=O)cc2Cl)no1. The molecule has 1 saturated heterocycles. The van der Waals surface area contributed by atoms with Gasteiger partial charge in [-0.2, -0.15) is 4.98 Å². The molecule has 0 radical (unpaired) electrons. The maximum absolute atomic E-state index is 11.2. The van der Waals surface area contributed by atoms with E-state index in [9.17, 15) is 4.79 Å². The van der Waals surface area contributed by atoms with Gasteiger partial charge in [-0.1, -0.05) is 23.7 Å². The lowest BCUT2D eigenvalue weighted by Crippen LogP contribution is -2.25. The molecule has 1 amide bonds. The maximum atomic E-state index is 11.2. The third-order valence-electron chi connectivity index (χ3n) is 3.72. The van der Waals surface area contributed by atoms with E-state index in [2.05, 4.69) is 15.1 Å². The molecule has 0 saturated carbocycles. The summed E-state index contributed by atoms with van der Waals surface area (Å²) in [5.41, 5.74) is 5.53. The number of anilines is 1. The Bertz CT molecular complexity index is 702. The molecule has 0 aliphatic carbocycles. The van der Waals surface area contributed by atoms with Crippen LogP contribution in [0.1, 0.15) is 47.9 Å². The fraction of sp³-hybridized carbons (Fsp3) is 0.429. The summed E-state index contributed by atoms with van der Waals surface area (Å²) >= 11 is 6.26. The molecule has 3 heterocycles. The lowest BCUT2D eigenvalue weighted by atomic mass is 10.2. The number of carbonyl (C=O) groups excluding carboxylic acids is 1. The van der Waals surface area contributed by atoms with Crippen LogP contribution in [0.4, 0.5) is 5.82 Å². The molecule has 1 aliphatic heterocycles. The lowest BCUT2D eigenvalue weighted by molar-refractivity contribution is 0.1000. The second-order valence-electron chi connectivity index (χ2n) is 5.14. The monoisotopic (exact) mass is 321 g/mol. The van der Waals surface area contributed by atoms with Crippen LogP contribution in [-0.2, 0) is 6.42 Å². The number of aryl methyl sites for hydroxylation is 1. The van der Waals surface area contributed by atoms with Crippen LogP contribution >= 0.6 is 11.6 Å². The summed E-state index contributed by atoms with van der Waals surface area (Å²) in [6.45, 7) is 2.76. The summed E-state index contributed by atoms with van der Waals surface area (Å²) in [4.78, 5) is 21.9. The Hall–Kier alpha value is -2.15. The Kier molecular flexibility index (Phi) is 3.98. The lowest BCUT2D eigenvalue weighted by Gasteiger charge is -2.24. The Morgan fingerprint density at radius 2 is 2.41 bits per heavy atom. The molecule has 1 atom stereocenters. The maximum Gasteiger partial charge on any atom is 0.250 e. The molecule has 7 nitrogen and oxygen atoms in total. The molecule has 2 N–H and O–H groups in total. The van der Waals surface area contributed by atoms with Gasteiger partial charge >= 0.3 is 0 Å². The molecule has 0 aromatic carbocycles. The average Bonchev–Trinajstić information content (AvgIpc) is 3.15. The predicted molar refractivity (Wildman–Crippen MR) is 80.8 cm³/mol. The van der Waals surface area contributed by atoms with Gasteiger partial charge in [-0.15, -0.1) is 0 Å². The number of rotatable bonds is 4. The van der Waals surface area contributed by atoms with E-state index in [0.29, 0.717) is 29.0 Å². The van der Waals surface area contributed by atoms with Crippen molar-refractivity contribution < 1.29 is 9.32 Å². The van der Waals surface area contributed by atoms with Gasteiger partial charge < -0.3 is 15.2 Å². The van der Waals surface area contributed by atoms with Crippen molar-refractivity contribution in [3.63, 3.8) is 0 Å². The highest BCUT2D eigenvalue weighted by Crippen LogP contribution is 2.37. The average molecular weight is 322 g/mol. The Labute approximate surface area is 132 Å². The van der Waals surface area contributed by atoms with Crippen molar-refractivity contribution in [3.8, 4) is 0 Å². The third kappa shape index (κ3) is 2.64. The minimum atomic E-state index is -0.551. The van der Waals surface area contributed by atoms with Gasteiger partial charge in [0.05, 0.1) is 16.6 Å². The van der Waals surface area contributed by atoms with Crippen LogP contribution in [0, 0.1) is 0 Å². The van der Waals surface area contributed by atoms with E-state index >= 15 is 0 Å². The molecule has 2 aromatic rings. The highest BCUT2D eigenvalue weighted by molar-refractivity contribution is 6.33. The number of nitrogens with zero attached hydrogens (tertiary/aromatic N) is 4. The van der Waals surface area contributed by atoms with Crippen LogP contribution in [0.3, 0.4) is 0 Å². The van der Waals surface area contributed by atoms with Crippen LogP contribution in [0.2, 0.25) is 5.02 Å². The number of halogens is 1. The first-order valence-electron chi connectivity index (χ1n) is 7.14. The largest absolute Gasteiger partial charge is 0.366 e. The predicted octanol–water partition coefficient (Wildman–Crippen LogP) is 2.12. The zero-order valence-electron chi connectivity index (χ0n) is 12.1. The number of hydrogen-bond acceptors (Lipinski definition) is 6. The molecule has 0 bridgehead atoms. The van der Waals surface area contributed by atoms with E-state index in [-0.39, 0.29) is 11.6 Å². The minimum absolute atomic E-state index is 0.0199. The topological polar surface area (TPSA) is 98.1 Å². The van der Waals surface area contributed by atoms with E-state index in [4.69, 9.17) is 21.9 Å². The van der Waals surface area contributed by atoms with Crippen LogP contribution in [0.25, 0.3) is 0 Å². The number of aromatic nitrogens is 3. The zero-order valence-corrected chi connectivity index (χ0v) is 12.9. The fourth-order valence-corrected chi connectivity index (χ4v) is 2.89. The quantitative estimate of drug-likeness (QED) is 0.926. The van der Waals surface area contributed by atoms with E-state index < -0.39 is 5.91 Å². The van der Waals surface area contributed by atoms with Crippen molar-refractivity contribution in [3.05, 3.63) is 34.6 Å². The summed E-state index contributed by atoms with van der Waals surface area (Å²) in [5.74, 6) is 1.32. The standard InChI is InChI=1S/C14H16ClN5O2/c1-2-11-18-13(19-22-11)10-4-3-5-20(10)14-9(15)6-8(7-17-14)12(16)21/h6-7,10H,2-5H2,1H3,(H2,16,21)/t10-/m1/s1. The van der Waals surface area contributed by atoms with Crippen molar-refractivity contribution in [2.24, 2.45) is 5.73 Å². The zero-order chi connectivity index (χ0) is 15.7. The highest BCUT2D eigenvalue weighted by Gasteiger charge is 2.32. The number of primary amides is 1. The van der Waals surface area contributed by atoms with E-state index in [1.165, 1.54) is 12.3 Å². The molecular formula is C14H16ClN5O2. The van der Waals surface area contributed by atoms with Gasteiger partial charge in [0.25, 0.3) is 0 Å². The van der Waals surface area contributed by atoms with Gasteiger partial charge in [0.2, 0.25) is 11.8 Å². The van der Waals surface area contributed by atoms with Gasteiger partial charge in [0, 0.05) is 19.2 Å². The van der Waals surface area contributed by atoms with Crippen molar-refractivity contribution in [1.82, 2.24) is 15.1 Å². The molecular weight excluding hydrogens is 306 g/mol. The number of carbonyl (C=O) groups is 1. The summed E-state index contributed by atoms with van der Waals surface area (Å²) in [5, 5.41) is 4.44. The normalized spacial score (nSPS) is 17.9. The molecule has 1 fully saturated rings. The molecule has 3 rings (SSSR count). The van der Waals surface area contributed by atoms with Crippen molar-refractivity contribution in [2.45, 2.75) is 32.2 Å². The number of amides is 1. The first-order chi connectivity index (χ1) is 10.6. The molecule has 8 heteroatoms. The Morgan fingerprint density at radius 3 is 3.05 bits per heavy atom. The van der Waals surface area contributed by atoms with Crippen molar-refractivity contribution >= 4 is 23.3 Å². The van der Waals surface area contributed by atoms with Crippen LogP contribution in [0.5, 0.6) is 0 Å². The Morgan fingerprint density at radius 1 is 1.59 bits per heavy atom. The molecule has 1 aliphatic rings.